The normalized spacial score (nSPS) is 16.4. The maximum atomic E-state index is 7.57. The summed E-state index contributed by atoms with van der Waals surface area (Å²) in [6.45, 7) is 42.5. The van der Waals surface area contributed by atoms with Crippen molar-refractivity contribution in [2.45, 2.75) is 175 Å². The molecule has 0 atom stereocenters. The van der Waals surface area contributed by atoms with Gasteiger partial charge >= 0.3 is 6.85 Å². The fourth-order valence-electron chi connectivity index (χ4n) is 15.7. The zero-order chi connectivity index (χ0) is 60.5. The van der Waals surface area contributed by atoms with E-state index in [0.717, 1.165) is 41.1 Å². The van der Waals surface area contributed by atoms with Crippen molar-refractivity contribution in [3.8, 4) is 27.9 Å². The van der Waals surface area contributed by atoms with E-state index in [-0.39, 0.29) is 44.8 Å². The highest BCUT2D eigenvalue weighted by Crippen LogP contribution is 2.58. The van der Waals surface area contributed by atoms with Gasteiger partial charge in [0, 0.05) is 72.2 Å². The summed E-state index contributed by atoms with van der Waals surface area (Å²) in [4.78, 5) is 5.21. The highest BCUT2D eigenvalue weighted by molar-refractivity contribution is 6.94. The number of fused-ring (bicyclic) bond motifs is 17. The van der Waals surface area contributed by atoms with E-state index < -0.39 is 0 Å². The average molecular weight is 1130 g/mol. The molecule has 86 heavy (non-hydrogen) atoms. The van der Waals surface area contributed by atoms with Crippen molar-refractivity contribution in [1.82, 2.24) is 4.57 Å². The minimum absolute atomic E-state index is 0.0108. The molecule has 2 aliphatic carbocycles. The van der Waals surface area contributed by atoms with E-state index in [1.165, 1.54) is 127 Å². The van der Waals surface area contributed by atoms with Crippen LogP contribution < -0.4 is 20.6 Å². The maximum Gasteiger partial charge on any atom is 0.333 e. The fourth-order valence-corrected chi connectivity index (χ4v) is 15.7. The van der Waals surface area contributed by atoms with Gasteiger partial charge in [0.2, 0.25) is 0 Å². The number of nitrogens with zero attached hydrogens (tertiary/aromatic N) is 3. The van der Waals surface area contributed by atoms with E-state index in [9.17, 15) is 0 Å². The molecule has 0 radical (unpaired) electrons. The molecular weight excluding hydrogens is 1040 g/mol. The molecule has 2 aliphatic heterocycles. The molecule has 0 spiro atoms. The van der Waals surface area contributed by atoms with Crippen molar-refractivity contribution in [3.05, 3.63) is 202 Å². The smallest absolute Gasteiger partial charge is 0.333 e. The van der Waals surface area contributed by atoms with E-state index in [1.54, 1.807) is 0 Å². The summed E-state index contributed by atoms with van der Waals surface area (Å²) in [5.74, 6) is 0. The molecule has 15 rings (SSSR count). The summed E-state index contributed by atoms with van der Waals surface area (Å²) in [7, 11) is 0. The Hall–Kier alpha value is -7.76. The Morgan fingerprint density at radius 1 is 0.453 bits per heavy atom. The van der Waals surface area contributed by atoms with Crippen LogP contribution in [0, 0.1) is 0 Å². The molecule has 4 nitrogen and oxygen atoms in total. The molecule has 0 bridgehead atoms. The van der Waals surface area contributed by atoms with Crippen molar-refractivity contribution >= 4 is 90.0 Å². The molecule has 11 aromatic rings. The number of para-hydroxylation sites is 1. The van der Waals surface area contributed by atoms with Gasteiger partial charge in [0.05, 0.1) is 11.0 Å². The minimum Gasteiger partial charge on any atom is -0.455 e. The maximum absolute atomic E-state index is 7.57. The minimum atomic E-state index is -0.356. The van der Waals surface area contributed by atoms with Crippen LogP contribution >= 0.6 is 0 Å². The van der Waals surface area contributed by atoms with Crippen molar-refractivity contribution in [2.75, 3.05) is 9.71 Å². The summed E-state index contributed by atoms with van der Waals surface area (Å²) in [5.41, 5.74) is 29.8. The highest BCUT2D eigenvalue weighted by Gasteiger charge is 2.49. The van der Waals surface area contributed by atoms with E-state index in [1.807, 2.05) is 0 Å². The van der Waals surface area contributed by atoms with E-state index in [4.69, 9.17) is 4.42 Å². The monoisotopic (exact) mass is 1130 g/mol. The van der Waals surface area contributed by atoms with Crippen LogP contribution in [0.15, 0.2) is 162 Å². The van der Waals surface area contributed by atoms with Gasteiger partial charge in [-0.1, -0.05) is 197 Å². The lowest BCUT2D eigenvalue weighted by Gasteiger charge is -2.43. The van der Waals surface area contributed by atoms with Crippen LogP contribution in [0.3, 0.4) is 0 Å². The predicted octanol–water partition coefficient (Wildman–Crippen LogP) is 21.2. The highest BCUT2D eigenvalue weighted by atomic mass is 16.3. The Morgan fingerprint density at radius 2 is 0.988 bits per heavy atom. The van der Waals surface area contributed by atoms with Crippen LogP contribution in [-0.4, -0.2) is 11.4 Å². The molecule has 0 saturated heterocycles. The summed E-state index contributed by atoms with van der Waals surface area (Å²) in [5, 5.41) is 4.99. The lowest BCUT2D eigenvalue weighted by atomic mass is 9.43. The van der Waals surface area contributed by atoms with Gasteiger partial charge in [0.15, 0.2) is 0 Å². The summed E-state index contributed by atoms with van der Waals surface area (Å²) >= 11 is 0. The molecule has 4 aliphatic rings. The van der Waals surface area contributed by atoms with Crippen molar-refractivity contribution in [2.24, 2.45) is 0 Å². The SMILES string of the molecule is CC(C)(C)c1ccc(N2B3c4cc(C(C)(C)C)ccc4-n4c5cc6c(cc5c5c7c(oc8ccccc87)c(c3c54)-c3cc4c(cc32)C(C)(C)c2cc(N(c3ccc(C(C)(C)C)cc3)c3ccc(C(C)(C)C)cc3)ccc2-4)C(C)(C)CCC6(C)C)cc1. The zero-order valence-electron chi connectivity index (χ0n) is 54.3. The number of benzene rings is 9. The van der Waals surface area contributed by atoms with E-state index in [2.05, 4.69) is 297 Å². The lowest BCUT2D eigenvalue weighted by Crippen LogP contribution is -2.60. The average Bonchev–Trinajstić information content (AvgIpc) is 1.44. The third-order valence-corrected chi connectivity index (χ3v) is 21.1. The van der Waals surface area contributed by atoms with Gasteiger partial charge in [0.1, 0.15) is 11.2 Å². The summed E-state index contributed by atoms with van der Waals surface area (Å²) in [6, 6.07) is 62.2. The number of rotatable bonds is 4. The quantitative estimate of drug-likeness (QED) is 0.164. The Labute approximate surface area is 511 Å². The number of anilines is 5. The van der Waals surface area contributed by atoms with E-state index in [0.29, 0.717) is 0 Å². The Balaban J connectivity index is 1.05. The molecule has 0 unspecified atom stereocenters. The second-order valence-corrected chi connectivity index (χ2v) is 32.1. The van der Waals surface area contributed by atoms with Crippen LogP contribution in [-0.2, 0) is 37.9 Å². The number of aromatic nitrogens is 1. The van der Waals surface area contributed by atoms with Crippen LogP contribution in [0.25, 0.3) is 71.7 Å². The molecule has 0 N–H and O–H groups in total. The molecule has 0 amide bonds. The zero-order valence-corrected chi connectivity index (χ0v) is 54.3. The van der Waals surface area contributed by atoms with Crippen molar-refractivity contribution in [1.29, 1.82) is 0 Å². The Morgan fingerprint density at radius 3 is 1.58 bits per heavy atom. The molecule has 0 saturated carbocycles. The van der Waals surface area contributed by atoms with Gasteiger partial charge in [-0.25, -0.2) is 0 Å². The molecule has 4 heterocycles. The van der Waals surface area contributed by atoms with Crippen molar-refractivity contribution in [3.63, 3.8) is 0 Å². The Kier molecular flexibility index (Phi) is 11.3. The molecule has 432 valence electrons. The molecule has 9 aromatic carbocycles. The van der Waals surface area contributed by atoms with Crippen LogP contribution in [0.2, 0.25) is 0 Å². The second kappa shape index (κ2) is 17.7. The molecule has 5 heteroatoms. The summed E-state index contributed by atoms with van der Waals surface area (Å²) < 4.78 is 10.3. The first-order valence-electron chi connectivity index (χ1n) is 31.8. The van der Waals surface area contributed by atoms with Gasteiger partial charge in [-0.3, -0.25) is 0 Å². The molecule has 2 aromatic heterocycles. The third-order valence-electron chi connectivity index (χ3n) is 21.1. The van der Waals surface area contributed by atoms with Crippen molar-refractivity contribution < 1.29 is 4.42 Å². The van der Waals surface area contributed by atoms with Gasteiger partial charge in [-0.15, -0.1) is 0 Å². The Bertz CT molecular complexity index is 4630. The standard InChI is InChI=1S/C81H84BN3O/c1-75(2,3)47-23-30-51(31-24-47)83(52-32-25-48(26-33-52)76(4,5)6)54-36-37-55-57-43-58-67(45-61(57)81(17,18)60(55)42-54)85(53-34-27-49(28-35-53)77(7,8)9)82-64-41-50(78(10,11)12)29-38-65(64)84-66-46-63-62(79(13,14)39-40-80(63,15)16)44-59(66)69-70-56-21-19-20-22-68(56)86-74(70)71(58)72(82)73(69)84/h19-38,41-46H,39-40H2,1-18H3. The molecule has 0 fully saturated rings. The lowest BCUT2D eigenvalue weighted by molar-refractivity contribution is 0.332. The fraction of sp³-hybridized carbons (Fsp3) is 0.333. The van der Waals surface area contributed by atoms with Gasteiger partial charge in [-0.05, 0) is 197 Å². The van der Waals surface area contributed by atoms with E-state index >= 15 is 0 Å². The molecular formula is C81H84BN3O. The first-order valence-corrected chi connectivity index (χ1v) is 31.8. The number of hydrogen-bond acceptors (Lipinski definition) is 3. The third kappa shape index (κ3) is 7.87. The van der Waals surface area contributed by atoms with Gasteiger partial charge < -0.3 is 18.7 Å². The first kappa shape index (κ1) is 54.9. The second-order valence-electron chi connectivity index (χ2n) is 32.1. The first-order chi connectivity index (χ1) is 40.4. The predicted molar refractivity (Wildman–Crippen MR) is 369 cm³/mol. The largest absolute Gasteiger partial charge is 0.455 e. The van der Waals surface area contributed by atoms with Gasteiger partial charge in [-0.2, -0.15) is 0 Å². The van der Waals surface area contributed by atoms with Gasteiger partial charge in [0.25, 0.3) is 0 Å². The topological polar surface area (TPSA) is 24.6 Å². The van der Waals surface area contributed by atoms with Crippen LogP contribution in [0.4, 0.5) is 28.4 Å². The number of furan rings is 1. The number of hydrogen-bond donors (Lipinski definition) is 0. The van der Waals surface area contributed by atoms with Crippen LogP contribution in [0.5, 0.6) is 0 Å². The van der Waals surface area contributed by atoms with Crippen LogP contribution in [0.1, 0.15) is 182 Å². The summed E-state index contributed by atoms with van der Waals surface area (Å²) in [6.07, 6.45) is 2.30.